The maximum atomic E-state index is 11.5. The zero-order chi connectivity index (χ0) is 14.1. The zero-order valence-electron chi connectivity index (χ0n) is 11.6. The van der Waals surface area contributed by atoms with E-state index in [4.69, 9.17) is 9.47 Å². The van der Waals surface area contributed by atoms with Crippen LogP contribution in [0, 0.1) is 6.92 Å². The van der Waals surface area contributed by atoms with Gasteiger partial charge in [-0.2, -0.15) is 0 Å². The molecule has 1 heterocycles. The molecule has 2 unspecified atom stereocenters. The van der Waals surface area contributed by atoms with Crippen molar-refractivity contribution in [2.75, 3.05) is 6.61 Å². The van der Waals surface area contributed by atoms with Crippen molar-refractivity contribution in [1.29, 1.82) is 0 Å². The number of hydrogen-bond acceptors (Lipinski definition) is 4. The molecule has 1 aliphatic rings. The lowest BCUT2D eigenvalue weighted by Crippen LogP contribution is -2.52. The van der Waals surface area contributed by atoms with E-state index >= 15 is 0 Å². The number of ether oxygens (including phenoxy) is 2. The lowest BCUT2D eigenvalue weighted by Gasteiger charge is -2.34. The molecular formula is C16H17NO3. The Morgan fingerprint density at radius 1 is 1.30 bits per heavy atom. The van der Waals surface area contributed by atoms with Gasteiger partial charge in [0.1, 0.15) is 17.4 Å². The summed E-state index contributed by atoms with van der Waals surface area (Å²) in [4.78, 5) is 16.0. The van der Waals surface area contributed by atoms with Gasteiger partial charge in [-0.1, -0.05) is 18.2 Å². The van der Waals surface area contributed by atoms with Crippen LogP contribution < -0.4 is 4.74 Å². The highest BCUT2D eigenvalue weighted by molar-refractivity contribution is 5.91. The number of rotatable bonds is 4. The van der Waals surface area contributed by atoms with Gasteiger partial charge in [-0.25, -0.2) is 4.98 Å². The first-order chi connectivity index (χ1) is 9.69. The maximum Gasteiger partial charge on any atom is 0.169 e. The Bertz CT molecular complexity index is 653. The number of aryl methyl sites for hydroxylation is 1. The summed E-state index contributed by atoms with van der Waals surface area (Å²) in [6.45, 7) is 4.35. The molecule has 0 N–H and O–H groups in total. The van der Waals surface area contributed by atoms with Crippen molar-refractivity contribution < 1.29 is 14.3 Å². The van der Waals surface area contributed by atoms with E-state index in [0.717, 1.165) is 16.6 Å². The van der Waals surface area contributed by atoms with E-state index in [0.29, 0.717) is 18.8 Å². The minimum atomic E-state index is -0.430. The molecule has 1 aromatic carbocycles. The van der Waals surface area contributed by atoms with Crippen LogP contribution in [-0.4, -0.2) is 29.6 Å². The summed E-state index contributed by atoms with van der Waals surface area (Å²) in [6.07, 6.45) is -0.220. The van der Waals surface area contributed by atoms with E-state index in [2.05, 4.69) is 4.98 Å². The Labute approximate surface area is 117 Å². The monoisotopic (exact) mass is 271 g/mol. The highest BCUT2D eigenvalue weighted by atomic mass is 16.5. The summed E-state index contributed by atoms with van der Waals surface area (Å²) in [7, 11) is 0. The van der Waals surface area contributed by atoms with Crippen molar-refractivity contribution in [3.05, 3.63) is 36.0 Å². The Morgan fingerprint density at radius 3 is 2.90 bits per heavy atom. The minimum absolute atomic E-state index is 0.112. The fourth-order valence-electron chi connectivity index (χ4n) is 2.43. The largest absolute Gasteiger partial charge is 0.484 e. The Hall–Kier alpha value is -1.94. The van der Waals surface area contributed by atoms with Gasteiger partial charge in [-0.05, 0) is 26.0 Å². The molecule has 1 aliphatic carbocycles. The molecule has 3 rings (SSSR count). The molecule has 4 heteroatoms. The number of carbonyl (C=O) groups excluding carboxylic acids is 1. The van der Waals surface area contributed by atoms with Crippen LogP contribution in [0.1, 0.15) is 19.0 Å². The third-order valence-electron chi connectivity index (χ3n) is 3.50. The molecule has 2 atom stereocenters. The predicted molar refractivity (Wildman–Crippen MR) is 75.9 cm³/mol. The van der Waals surface area contributed by atoms with Gasteiger partial charge >= 0.3 is 0 Å². The van der Waals surface area contributed by atoms with Crippen LogP contribution in [0.25, 0.3) is 10.9 Å². The number of fused-ring (bicyclic) bond motifs is 1. The second kappa shape index (κ2) is 5.21. The first-order valence-electron chi connectivity index (χ1n) is 6.86. The topological polar surface area (TPSA) is 48.4 Å². The van der Waals surface area contributed by atoms with Crippen LogP contribution in [0.4, 0.5) is 0 Å². The lowest BCUT2D eigenvalue weighted by atomic mass is 9.90. The minimum Gasteiger partial charge on any atom is -0.484 e. The van der Waals surface area contributed by atoms with E-state index in [1.165, 1.54) is 0 Å². The van der Waals surface area contributed by atoms with Crippen LogP contribution in [0.15, 0.2) is 30.3 Å². The summed E-state index contributed by atoms with van der Waals surface area (Å²) < 4.78 is 11.4. The average Bonchev–Trinajstić information content (AvgIpc) is 2.45. The second-order valence-electron chi connectivity index (χ2n) is 4.98. The molecule has 0 spiro atoms. The van der Waals surface area contributed by atoms with E-state index < -0.39 is 6.10 Å². The number of ketones is 1. The maximum absolute atomic E-state index is 11.5. The Balaban J connectivity index is 1.88. The van der Waals surface area contributed by atoms with Gasteiger partial charge in [-0.15, -0.1) is 0 Å². The number of Topliss-reactive ketones (excluding diaryl/α,β-unsaturated/α-hetero) is 1. The molecule has 4 nitrogen and oxygen atoms in total. The summed E-state index contributed by atoms with van der Waals surface area (Å²) >= 11 is 0. The standard InChI is InChI=1S/C16H17NO3/c1-3-19-16-12(18)9-14(16)20-13-6-4-5-11-8-7-10(2)17-15(11)13/h4-8,14,16H,3,9H2,1-2H3. The summed E-state index contributed by atoms with van der Waals surface area (Å²) in [5, 5.41) is 1.03. The van der Waals surface area contributed by atoms with E-state index in [-0.39, 0.29) is 11.9 Å². The van der Waals surface area contributed by atoms with Gasteiger partial charge in [-0.3, -0.25) is 4.79 Å². The van der Waals surface area contributed by atoms with Crippen molar-refractivity contribution >= 4 is 16.7 Å². The highest BCUT2D eigenvalue weighted by Crippen LogP contribution is 2.30. The Morgan fingerprint density at radius 2 is 2.15 bits per heavy atom. The molecule has 0 bridgehead atoms. The molecule has 0 saturated heterocycles. The molecule has 0 aliphatic heterocycles. The molecule has 0 amide bonds. The normalized spacial score (nSPS) is 21.8. The smallest absolute Gasteiger partial charge is 0.169 e. The summed E-state index contributed by atoms with van der Waals surface area (Å²) in [5.74, 6) is 0.828. The fourth-order valence-corrected chi connectivity index (χ4v) is 2.43. The van der Waals surface area contributed by atoms with Crippen LogP contribution in [-0.2, 0) is 9.53 Å². The fraction of sp³-hybridized carbons (Fsp3) is 0.375. The average molecular weight is 271 g/mol. The van der Waals surface area contributed by atoms with Crippen molar-refractivity contribution in [2.24, 2.45) is 0 Å². The highest BCUT2D eigenvalue weighted by Gasteiger charge is 2.42. The first kappa shape index (κ1) is 13.1. The summed E-state index contributed by atoms with van der Waals surface area (Å²) in [6, 6.07) is 9.82. The van der Waals surface area contributed by atoms with Crippen molar-refractivity contribution in [3.63, 3.8) is 0 Å². The molecule has 1 fully saturated rings. The van der Waals surface area contributed by atoms with Crippen LogP contribution in [0.3, 0.4) is 0 Å². The van der Waals surface area contributed by atoms with E-state index in [1.54, 1.807) is 0 Å². The first-order valence-corrected chi connectivity index (χ1v) is 6.86. The third-order valence-corrected chi connectivity index (χ3v) is 3.50. The van der Waals surface area contributed by atoms with Crippen LogP contribution in [0.5, 0.6) is 5.75 Å². The number of hydrogen-bond donors (Lipinski definition) is 0. The van der Waals surface area contributed by atoms with Gasteiger partial charge in [0.15, 0.2) is 11.9 Å². The second-order valence-corrected chi connectivity index (χ2v) is 4.98. The van der Waals surface area contributed by atoms with Crippen molar-refractivity contribution in [1.82, 2.24) is 4.98 Å². The molecule has 1 aromatic heterocycles. The predicted octanol–water partition coefficient (Wildman–Crippen LogP) is 2.67. The Kier molecular flexibility index (Phi) is 3.40. The van der Waals surface area contributed by atoms with Crippen LogP contribution in [0.2, 0.25) is 0 Å². The number of carbonyl (C=O) groups is 1. The number of benzene rings is 1. The number of nitrogens with zero attached hydrogens (tertiary/aromatic N) is 1. The molecule has 104 valence electrons. The number of para-hydroxylation sites is 1. The molecular weight excluding hydrogens is 254 g/mol. The molecule has 2 aromatic rings. The molecule has 20 heavy (non-hydrogen) atoms. The van der Waals surface area contributed by atoms with Gasteiger partial charge < -0.3 is 9.47 Å². The SMILES string of the molecule is CCOC1C(=O)CC1Oc1cccc2ccc(C)nc12. The van der Waals surface area contributed by atoms with Crippen molar-refractivity contribution in [3.8, 4) is 5.75 Å². The van der Waals surface area contributed by atoms with E-state index in [9.17, 15) is 4.79 Å². The quantitative estimate of drug-likeness (QED) is 0.857. The third kappa shape index (κ3) is 2.27. The van der Waals surface area contributed by atoms with Gasteiger partial charge in [0.2, 0.25) is 0 Å². The van der Waals surface area contributed by atoms with Crippen molar-refractivity contribution in [2.45, 2.75) is 32.5 Å². The zero-order valence-corrected chi connectivity index (χ0v) is 11.6. The van der Waals surface area contributed by atoms with Crippen LogP contribution >= 0.6 is 0 Å². The molecule has 1 saturated carbocycles. The van der Waals surface area contributed by atoms with Gasteiger partial charge in [0.05, 0.1) is 0 Å². The van der Waals surface area contributed by atoms with Gasteiger partial charge in [0.25, 0.3) is 0 Å². The lowest BCUT2D eigenvalue weighted by molar-refractivity contribution is -0.154. The molecule has 0 radical (unpaired) electrons. The number of aromatic nitrogens is 1. The van der Waals surface area contributed by atoms with Gasteiger partial charge in [0, 0.05) is 24.1 Å². The number of pyridine rings is 1. The van der Waals surface area contributed by atoms with E-state index in [1.807, 2.05) is 44.2 Å². The summed E-state index contributed by atoms with van der Waals surface area (Å²) in [5.41, 5.74) is 1.78.